The van der Waals surface area contributed by atoms with Crippen LogP contribution in [0.25, 0.3) is 0 Å². The molecule has 0 aromatic heterocycles. The van der Waals surface area contributed by atoms with Crippen molar-refractivity contribution in [3.63, 3.8) is 0 Å². The van der Waals surface area contributed by atoms with Gasteiger partial charge in [-0.3, -0.25) is 14.4 Å². The Labute approximate surface area is 228 Å². The maximum atomic E-state index is 14.0. The van der Waals surface area contributed by atoms with Crippen LogP contribution in [0, 0.1) is 11.8 Å². The highest BCUT2D eigenvalue weighted by atomic mass is 16.5. The molecule has 8 nitrogen and oxygen atoms in total. The van der Waals surface area contributed by atoms with Crippen molar-refractivity contribution in [1.29, 1.82) is 0 Å². The highest BCUT2D eigenvalue weighted by Crippen LogP contribution is 2.18. The molecule has 1 rings (SSSR count). The van der Waals surface area contributed by atoms with Gasteiger partial charge >= 0.3 is 5.97 Å². The lowest BCUT2D eigenvalue weighted by Crippen LogP contribution is -2.59. The lowest BCUT2D eigenvalue weighted by Gasteiger charge is -2.36. The molecule has 0 saturated heterocycles. The maximum Gasteiger partial charge on any atom is 0.328 e. The van der Waals surface area contributed by atoms with E-state index in [9.17, 15) is 19.2 Å². The fourth-order valence-electron chi connectivity index (χ4n) is 4.48. The number of nitrogens with zero attached hydrogens (tertiary/aromatic N) is 2. The topological polar surface area (TPSA) is 96.0 Å². The average Bonchev–Trinajstić information content (AvgIpc) is 2.87. The second-order valence-corrected chi connectivity index (χ2v) is 10.2. The first kappa shape index (κ1) is 32.6. The van der Waals surface area contributed by atoms with Gasteiger partial charge in [0.05, 0.1) is 7.11 Å². The van der Waals surface area contributed by atoms with Gasteiger partial charge in [-0.25, -0.2) is 4.79 Å². The Morgan fingerprint density at radius 2 is 1.63 bits per heavy atom. The van der Waals surface area contributed by atoms with Crippen LogP contribution in [0.1, 0.15) is 53.0 Å². The zero-order valence-corrected chi connectivity index (χ0v) is 23.8. The van der Waals surface area contributed by atoms with Crippen molar-refractivity contribution in [3.8, 4) is 0 Å². The number of carbonyl (C=O) groups is 4. The van der Waals surface area contributed by atoms with E-state index >= 15 is 0 Å². The Bertz CT molecular complexity index is 944. The van der Waals surface area contributed by atoms with Gasteiger partial charge in [0.15, 0.2) is 0 Å². The fraction of sp³-hybridized carbons (Fsp3) is 0.533. The van der Waals surface area contributed by atoms with Crippen LogP contribution < -0.4 is 5.32 Å². The minimum absolute atomic E-state index is 0.110. The molecule has 3 atom stereocenters. The van der Waals surface area contributed by atoms with Gasteiger partial charge in [0.1, 0.15) is 18.1 Å². The van der Waals surface area contributed by atoms with Crippen molar-refractivity contribution in [3.05, 3.63) is 61.2 Å². The summed E-state index contributed by atoms with van der Waals surface area (Å²) in [4.78, 5) is 55.9. The zero-order chi connectivity index (χ0) is 28.8. The van der Waals surface area contributed by atoms with Gasteiger partial charge in [-0.2, -0.15) is 0 Å². The predicted octanol–water partition coefficient (Wildman–Crippen LogP) is 3.77. The van der Waals surface area contributed by atoms with E-state index < -0.39 is 35.9 Å². The van der Waals surface area contributed by atoms with Crippen LogP contribution >= 0.6 is 0 Å². The summed E-state index contributed by atoms with van der Waals surface area (Å²) in [6, 6.07) is 6.77. The molecule has 0 fully saturated rings. The summed E-state index contributed by atoms with van der Waals surface area (Å²) in [5, 5.41) is 2.93. The molecule has 0 spiro atoms. The molecular weight excluding hydrogens is 482 g/mol. The van der Waals surface area contributed by atoms with E-state index in [0.717, 1.165) is 5.56 Å². The third-order valence-electron chi connectivity index (χ3n) is 6.26. The Hall–Kier alpha value is -3.42. The second-order valence-electron chi connectivity index (χ2n) is 10.2. The summed E-state index contributed by atoms with van der Waals surface area (Å²) in [6.07, 6.45) is 4.39. The number of esters is 1. The molecule has 1 aromatic carbocycles. The molecule has 1 aromatic rings. The molecule has 0 unspecified atom stereocenters. The standard InChI is InChI=1S/C30H45N3O5/c1-9-11-18-32(23(7)34)27(22(5)6)28(35)31-25(20-24-15-13-12-14-16-24)29(36)33(17-10-2)26(19-21(3)4)30(37)38-8/h9-10,12-16,21-22,25-27H,1-2,11,17-20H2,3-8H3,(H,31,35)/t25-,26-,27-/m0/s1. The zero-order valence-electron chi connectivity index (χ0n) is 23.8. The third kappa shape index (κ3) is 9.80. The molecule has 3 amide bonds. The van der Waals surface area contributed by atoms with Crippen LogP contribution in [0.2, 0.25) is 0 Å². The van der Waals surface area contributed by atoms with Crippen LogP contribution in [0.4, 0.5) is 0 Å². The van der Waals surface area contributed by atoms with Gasteiger partial charge in [0.25, 0.3) is 0 Å². The average molecular weight is 528 g/mol. The molecule has 0 aliphatic heterocycles. The Kier molecular flexibility index (Phi) is 14.1. The molecule has 1 N–H and O–H groups in total. The lowest BCUT2D eigenvalue weighted by atomic mass is 9.97. The Morgan fingerprint density at radius 3 is 2.11 bits per heavy atom. The SMILES string of the molecule is C=CCCN(C(C)=O)[C@H](C(=O)N[C@@H](Cc1ccccc1)C(=O)N(CC=C)[C@@H](CC(C)C)C(=O)OC)C(C)C. The molecule has 0 heterocycles. The molecule has 38 heavy (non-hydrogen) atoms. The largest absolute Gasteiger partial charge is 0.467 e. The van der Waals surface area contributed by atoms with Crippen LogP contribution in [0.5, 0.6) is 0 Å². The predicted molar refractivity (Wildman–Crippen MR) is 150 cm³/mol. The van der Waals surface area contributed by atoms with Gasteiger partial charge < -0.3 is 19.9 Å². The molecule has 0 bridgehead atoms. The van der Waals surface area contributed by atoms with Crippen LogP contribution in [0.3, 0.4) is 0 Å². The summed E-state index contributed by atoms with van der Waals surface area (Å²) in [7, 11) is 1.29. The van der Waals surface area contributed by atoms with Gasteiger partial charge in [0, 0.05) is 26.4 Å². The quantitative estimate of drug-likeness (QED) is 0.261. The van der Waals surface area contributed by atoms with Gasteiger partial charge in [-0.15, -0.1) is 13.2 Å². The normalized spacial score (nSPS) is 13.3. The number of benzene rings is 1. The molecule has 0 aliphatic carbocycles. The maximum absolute atomic E-state index is 14.0. The van der Waals surface area contributed by atoms with E-state index in [2.05, 4.69) is 18.5 Å². The van der Waals surface area contributed by atoms with E-state index in [1.54, 1.807) is 12.2 Å². The van der Waals surface area contributed by atoms with Gasteiger partial charge in [0.2, 0.25) is 17.7 Å². The van der Waals surface area contributed by atoms with Crippen LogP contribution in [0.15, 0.2) is 55.6 Å². The van der Waals surface area contributed by atoms with E-state index in [0.29, 0.717) is 19.4 Å². The summed E-state index contributed by atoms with van der Waals surface area (Å²) in [5.41, 5.74) is 0.847. The smallest absolute Gasteiger partial charge is 0.328 e. The first-order valence-corrected chi connectivity index (χ1v) is 13.2. The summed E-state index contributed by atoms with van der Waals surface area (Å²) in [5.74, 6) is -1.69. The summed E-state index contributed by atoms with van der Waals surface area (Å²) < 4.78 is 5.03. The van der Waals surface area contributed by atoms with Crippen molar-refractivity contribution in [1.82, 2.24) is 15.1 Å². The minimum atomic E-state index is -0.973. The van der Waals surface area contributed by atoms with Crippen LogP contribution in [-0.4, -0.2) is 71.8 Å². The number of carbonyl (C=O) groups excluding carboxylic acids is 4. The number of rotatable bonds is 16. The van der Waals surface area contributed by atoms with Crippen molar-refractivity contribution >= 4 is 23.7 Å². The van der Waals surface area contributed by atoms with E-state index in [1.807, 2.05) is 58.0 Å². The molecule has 0 saturated carbocycles. The van der Waals surface area contributed by atoms with Crippen molar-refractivity contribution in [2.45, 2.75) is 72.0 Å². The molecule has 0 radical (unpaired) electrons. The monoisotopic (exact) mass is 527 g/mol. The van der Waals surface area contributed by atoms with Gasteiger partial charge in [-0.05, 0) is 30.2 Å². The van der Waals surface area contributed by atoms with Crippen molar-refractivity contribution < 1.29 is 23.9 Å². The second kappa shape index (κ2) is 16.4. The number of hydrogen-bond donors (Lipinski definition) is 1. The van der Waals surface area contributed by atoms with Crippen LogP contribution in [-0.2, 0) is 30.3 Å². The number of hydrogen-bond acceptors (Lipinski definition) is 5. The highest BCUT2D eigenvalue weighted by molar-refractivity contribution is 5.93. The highest BCUT2D eigenvalue weighted by Gasteiger charge is 2.37. The lowest BCUT2D eigenvalue weighted by molar-refractivity contribution is -0.154. The Balaban J connectivity index is 3.48. The summed E-state index contributed by atoms with van der Waals surface area (Å²) >= 11 is 0. The van der Waals surface area contributed by atoms with Crippen molar-refractivity contribution in [2.75, 3.05) is 20.2 Å². The number of amides is 3. The number of nitrogens with one attached hydrogen (secondary N) is 1. The van der Waals surface area contributed by atoms with Gasteiger partial charge in [-0.1, -0.05) is 70.2 Å². The van der Waals surface area contributed by atoms with E-state index in [4.69, 9.17) is 4.74 Å². The Morgan fingerprint density at radius 1 is 1.00 bits per heavy atom. The summed E-state index contributed by atoms with van der Waals surface area (Å²) in [6.45, 7) is 17.0. The fourth-order valence-corrected chi connectivity index (χ4v) is 4.48. The molecule has 0 aliphatic rings. The van der Waals surface area contributed by atoms with E-state index in [1.165, 1.54) is 23.8 Å². The molecule has 8 heteroatoms. The molecule has 210 valence electrons. The minimum Gasteiger partial charge on any atom is -0.467 e. The molecular formula is C30H45N3O5. The third-order valence-corrected chi connectivity index (χ3v) is 6.26. The number of ether oxygens (including phenoxy) is 1. The number of methoxy groups -OCH3 is 1. The van der Waals surface area contributed by atoms with E-state index in [-0.39, 0.29) is 30.7 Å². The first-order chi connectivity index (χ1) is 18.0. The van der Waals surface area contributed by atoms with Crippen molar-refractivity contribution in [2.24, 2.45) is 11.8 Å². The first-order valence-electron chi connectivity index (χ1n) is 13.2.